The van der Waals surface area contributed by atoms with Crippen LogP contribution in [-0.4, -0.2) is 47.0 Å². The van der Waals surface area contributed by atoms with E-state index in [-0.39, 0.29) is 40.6 Å². The van der Waals surface area contributed by atoms with Crippen LogP contribution in [0.4, 0.5) is 5.69 Å². The first-order valence-corrected chi connectivity index (χ1v) is 10.8. The first-order chi connectivity index (χ1) is 17.2. The molecular weight excluding hydrogens is 470 g/mol. The maximum atomic E-state index is 13.0. The molecule has 0 saturated carbocycles. The fraction of sp³-hybridized carbons (Fsp3) is 0.240. The van der Waals surface area contributed by atoms with Crippen LogP contribution in [0.25, 0.3) is 0 Å². The third-order valence-corrected chi connectivity index (χ3v) is 5.47. The zero-order valence-electron chi connectivity index (χ0n) is 20.1. The fourth-order valence-corrected chi connectivity index (χ4v) is 3.77. The Kier molecular flexibility index (Phi) is 8.05. The number of benzene rings is 2. The van der Waals surface area contributed by atoms with Gasteiger partial charge in [0.1, 0.15) is 29.0 Å². The molecular formula is C25H25N3O8. The molecule has 0 aromatic heterocycles. The van der Waals surface area contributed by atoms with Gasteiger partial charge < -0.3 is 24.6 Å². The Balaban J connectivity index is 2.16. The predicted molar refractivity (Wildman–Crippen MR) is 131 cm³/mol. The van der Waals surface area contributed by atoms with E-state index in [4.69, 9.17) is 14.2 Å². The lowest BCUT2D eigenvalue weighted by Gasteiger charge is -2.26. The molecule has 188 valence electrons. The highest BCUT2D eigenvalue weighted by Gasteiger charge is 2.32. The van der Waals surface area contributed by atoms with E-state index in [1.807, 2.05) is 19.9 Å². The van der Waals surface area contributed by atoms with Gasteiger partial charge in [-0.2, -0.15) is 0 Å². The van der Waals surface area contributed by atoms with Gasteiger partial charge in [0.05, 0.1) is 35.8 Å². The molecule has 2 aromatic carbocycles. The van der Waals surface area contributed by atoms with E-state index in [2.05, 4.69) is 10.3 Å². The van der Waals surface area contributed by atoms with Crippen molar-refractivity contribution >= 4 is 23.1 Å². The van der Waals surface area contributed by atoms with Gasteiger partial charge in [-0.15, -0.1) is 0 Å². The average Bonchev–Trinajstić information content (AvgIpc) is 2.89. The summed E-state index contributed by atoms with van der Waals surface area (Å²) < 4.78 is 17.1. The molecule has 1 atom stereocenters. The molecule has 0 amide bonds. The lowest BCUT2D eigenvalue weighted by Crippen LogP contribution is -2.20. The third-order valence-electron chi connectivity index (χ3n) is 5.47. The number of carbonyl (C=O) groups is 1. The van der Waals surface area contributed by atoms with Gasteiger partial charge in [0.2, 0.25) is 0 Å². The van der Waals surface area contributed by atoms with E-state index in [1.54, 1.807) is 6.07 Å². The van der Waals surface area contributed by atoms with Crippen molar-refractivity contribution in [3.05, 3.63) is 86.5 Å². The van der Waals surface area contributed by atoms with Crippen molar-refractivity contribution in [1.29, 1.82) is 0 Å². The molecule has 0 aliphatic heterocycles. The SMILES string of the molecule is COc1cc(C(CC=C(C)C)OC(=O)c2ccc([N+](=O)[O-])cc2)c(OC)c2c1/C(=N/O)C=C/C2=N\O. The number of carbonyl (C=O) groups excluding carboxylic acids is 1. The van der Waals surface area contributed by atoms with Gasteiger partial charge in [0.25, 0.3) is 5.69 Å². The van der Waals surface area contributed by atoms with E-state index < -0.39 is 17.0 Å². The average molecular weight is 495 g/mol. The minimum atomic E-state index is -0.878. The molecule has 1 aliphatic carbocycles. The Hall–Kier alpha value is -4.67. The molecule has 0 radical (unpaired) electrons. The summed E-state index contributed by atoms with van der Waals surface area (Å²) in [5.41, 5.74) is 2.26. The number of esters is 1. The summed E-state index contributed by atoms with van der Waals surface area (Å²) in [5, 5.41) is 36.7. The molecule has 11 nitrogen and oxygen atoms in total. The summed E-state index contributed by atoms with van der Waals surface area (Å²) in [5.74, 6) is -0.204. The summed E-state index contributed by atoms with van der Waals surface area (Å²) in [6.07, 6.45) is 4.16. The molecule has 11 heteroatoms. The Bertz CT molecular complexity index is 1290. The van der Waals surface area contributed by atoms with E-state index in [1.165, 1.54) is 50.6 Å². The number of rotatable bonds is 8. The fourth-order valence-electron chi connectivity index (χ4n) is 3.77. The molecule has 3 rings (SSSR count). The molecule has 0 bridgehead atoms. The zero-order chi connectivity index (χ0) is 26.4. The number of fused-ring (bicyclic) bond motifs is 1. The summed E-state index contributed by atoms with van der Waals surface area (Å²) in [6.45, 7) is 3.79. The number of non-ortho nitro benzene ring substituents is 1. The summed E-state index contributed by atoms with van der Waals surface area (Å²) in [7, 11) is 2.83. The van der Waals surface area contributed by atoms with E-state index in [0.29, 0.717) is 16.7 Å². The van der Waals surface area contributed by atoms with Crippen molar-refractivity contribution in [3.8, 4) is 11.5 Å². The first-order valence-electron chi connectivity index (χ1n) is 10.8. The molecule has 1 aliphatic rings. The van der Waals surface area contributed by atoms with Gasteiger partial charge >= 0.3 is 5.97 Å². The normalized spacial score (nSPS) is 15.2. The van der Waals surface area contributed by atoms with Crippen LogP contribution < -0.4 is 9.47 Å². The highest BCUT2D eigenvalue weighted by atomic mass is 16.6. The number of nitrogens with zero attached hydrogens (tertiary/aromatic N) is 3. The van der Waals surface area contributed by atoms with Crippen LogP contribution in [0.15, 0.2) is 64.4 Å². The van der Waals surface area contributed by atoms with Gasteiger partial charge in [-0.05, 0) is 44.2 Å². The quantitative estimate of drug-likeness (QED) is 0.174. The molecule has 0 spiro atoms. The second-order valence-electron chi connectivity index (χ2n) is 7.97. The van der Waals surface area contributed by atoms with Gasteiger partial charge in [-0.25, -0.2) is 4.79 Å². The largest absolute Gasteiger partial charge is 0.496 e. The number of hydrogen-bond acceptors (Lipinski definition) is 10. The van der Waals surface area contributed by atoms with Crippen LogP contribution in [0, 0.1) is 10.1 Å². The number of oxime groups is 2. The van der Waals surface area contributed by atoms with E-state index in [0.717, 1.165) is 5.57 Å². The number of ether oxygens (including phenoxy) is 3. The molecule has 0 saturated heterocycles. The monoisotopic (exact) mass is 495 g/mol. The maximum absolute atomic E-state index is 13.0. The van der Waals surface area contributed by atoms with Gasteiger partial charge in [-0.1, -0.05) is 22.0 Å². The van der Waals surface area contributed by atoms with Gasteiger partial charge in [-0.3, -0.25) is 10.1 Å². The lowest BCUT2D eigenvalue weighted by molar-refractivity contribution is -0.384. The molecule has 0 fully saturated rings. The minimum Gasteiger partial charge on any atom is -0.496 e. The second-order valence-corrected chi connectivity index (χ2v) is 7.97. The molecule has 0 heterocycles. The maximum Gasteiger partial charge on any atom is 0.338 e. The number of nitro groups is 1. The van der Waals surface area contributed by atoms with Gasteiger partial charge in [0.15, 0.2) is 0 Å². The number of hydrogen-bond donors (Lipinski definition) is 2. The van der Waals surface area contributed by atoms with Crippen molar-refractivity contribution in [2.75, 3.05) is 14.2 Å². The van der Waals surface area contributed by atoms with Crippen LogP contribution in [0.5, 0.6) is 11.5 Å². The summed E-state index contributed by atoms with van der Waals surface area (Å²) >= 11 is 0. The van der Waals surface area contributed by atoms with E-state index >= 15 is 0 Å². The Morgan fingerprint density at radius 2 is 1.67 bits per heavy atom. The molecule has 2 N–H and O–H groups in total. The zero-order valence-corrected chi connectivity index (χ0v) is 20.1. The predicted octanol–water partition coefficient (Wildman–Crippen LogP) is 4.79. The standard InChI is InChI=1S/C25H25N3O8/c1-14(2)5-12-20(36-25(29)15-6-8-16(9-7-15)28(32)33)17-13-21(34-3)22-18(26-30)10-11-19(27-31)23(22)24(17)35-4/h5-11,13,20,30-31H,12H2,1-4H3/b26-18+,27-19+. The lowest BCUT2D eigenvalue weighted by atomic mass is 9.88. The topological polar surface area (TPSA) is 153 Å². The van der Waals surface area contributed by atoms with Crippen molar-refractivity contribution < 1.29 is 34.3 Å². The van der Waals surface area contributed by atoms with Gasteiger partial charge in [0, 0.05) is 24.1 Å². The minimum absolute atomic E-state index is 0.122. The number of methoxy groups -OCH3 is 2. The van der Waals surface area contributed by atoms with Crippen LogP contribution in [-0.2, 0) is 4.74 Å². The first kappa shape index (κ1) is 25.9. The Morgan fingerprint density at radius 3 is 2.17 bits per heavy atom. The van der Waals surface area contributed by atoms with Crippen LogP contribution >= 0.6 is 0 Å². The third kappa shape index (κ3) is 5.19. The van der Waals surface area contributed by atoms with Crippen LogP contribution in [0.2, 0.25) is 0 Å². The summed E-state index contributed by atoms with van der Waals surface area (Å²) in [6, 6.07) is 6.67. The van der Waals surface area contributed by atoms with Crippen molar-refractivity contribution in [2.45, 2.75) is 26.4 Å². The highest BCUT2D eigenvalue weighted by Crippen LogP contribution is 2.42. The Labute approximate surface area is 206 Å². The summed E-state index contributed by atoms with van der Waals surface area (Å²) in [4.78, 5) is 23.4. The molecule has 2 aromatic rings. The molecule has 36 heavy (non-hydrogen) atoms. The van der Waals surface area contributed by atoms with E-state index in [9.17, 15) is 25.3 Å². The van der Waals surface area contributed by atoms with Crippen molar-refractivity contribution in [1.82, 2.24) is 0 Å². The highest BCUT2D eigenvalue weighted by molar-refractivity contribution is 6.27. The number of allylic oxidation sites excluding steroid dienone is 3. The van der Waals surface area contributed by atoms with Crippen molar-refractivity contribution in [3.63, 3.8) is 0 Å². The molecule has 1 unspecified atom stereocenters. The smallest absolute Gasteiger partial charge is 0.338 e. The van der Waals surface area contributed by atoms with Crippen molar-refractivity contribution in [2.24, 2.45) is 10.3 Å². The van der Waals surface area contributed by atoms with Crippen LogP contribution in [0.1, 0.15) is 53.4 Å². The Morgan fingerprint density at radius 1 is 1.06 bits per heavy atom. The van der Waals surface area contributed by atoms with Crippen LogP contribution in [0.3, 0.4) is 0 Å². The number of nitro benzene ring substituents is 1. The second kappa shape index (κ2) is 11.2.